The van der Waals surface area contributed by atoms with Crippen LogP contribution >= 0.6 is 0 Å². The molecule has 2 fully saturated rings. The number of aliphatic hydroxyl groups is 1. The van der Waals surface area contributed by atoms with Gasteiger partial charge < -0.3 is 14.6 Å². The number of ketones is 1. The van der Waals surface area contributed by atoms with Gasteiger partial charge in [0.15, 0.2) is 5.79 Å². The second kappa shape index (κ2) is 5.29. The summed E-state index contributed by atoms with van der Waals surface area (Å²) in [5, 5.41) is 11.7. The molecule has 4 aliphatic rings. The van der Waals surface area contributed by atoms with Gasteiger partial charge in [-0.1, -0.05) is 32.4 Å². The molecule has 0 aromatic rings. The van der Waals surface area contributed by atoms with Gasteiger partial charge >= 0.3 is 5.97 Å². The average Bonchev–Trinajstić information content (AvgIpc) is 2.72. The molecule has 142 valence electrons. The first-order valence-electron chi connectivity index (χ1n) is 9.52. The molecule has 2 bridgehead atoms. The van der Waals surface area contributed by atoms with Crippen molar-refractivity contribution in [2.24, 2.45) is 29.1 Å². The van der Waals surface area contributed by atoms with Crippen LogP contribution in [0, 0.1) is 29.1 Å². The number of esters is 1. The van der Waals surface area contributed by atoms with E-state index in [-0.39, 0.29) is 30.0 Å². The summed E-state index contributed by atoms with van der Waals surface area (Å²) in [7, 11) is 1.34. The number of ether oxygens (including phenoxy) is 2. The molecule has 0 unspecified atom stereocenters. The summed E-state index contributed by atoms with van der Waals surface area (Å²) < 4.78 is 11.5. The van der Waals surface area contributed by atoms with Crippen LogP contribution in [0.3, 0.4) is 0 Å². The highest BCUT2D eigenvalue weighted by Gasteiger charge is 2.77. The maximum atomic E-state index is 13.4. The Bertz CT molecular complexity index is 750. The Balaban J connectivity index is 1.96. The lowest BCUT2D eigenvalue weighted by Crippen LogP contribution is -2.62. The molecule has 0 radical (unpaired) electrons. The largest absolute Gasteiger partial charge is 0.466 e. The average molecular weight is 360 g/mol. The molecule has 26 heavy (non-hydrogen) atoms. The highest BCUT2D eigenvalue weighted by Crippen LogP contribution is 2.70. The Morgan fingerprint density at radius 1 is 1.42 bits per heavy atom. The molecule has 1 saturated carbocycles. The van der Waals surface area contributed by atoms with Crippen molar-refractivity contribution in [2.75, 3.05) is 7.11 Å². The van der Waals surface area contributed by atoms with Gasteiger partial charge in [-0.05, 0) is 25.3 Å². The van der Waals surface area contributed by atoms with Crippen LogP contribution in [0.4, 0.5) is 0 Å². The second-order valence-corrected chi connectivity index (χ2v) is 9.12. The highest BCUT2D eigenvalue weighted by molar-refractivity contribution is 6.00. The number of hydrogen-bond donors (Lipinski definition) is 1. The normalized spacial score (nSPS) is 46.6. The maximum Gasteiger partial charge on any atom is 0.334 e. The number of hydrogen-bond acceptors (Lipinski definition) is 5. The Kier molecular flexibility index (Phi) is 3.65. The van der Waals surface area contributed by atoms with Crippen LogP contribution in [0.15, 0.2) is 23.3 Å². The van der Waals surface area contributed by atoms with Crippen molar-refractivity contribution < 1.29 is 24.2 Å². The van der Waals surface area contributed by atoms with Gasteiger partial charge in [0, 0.05) is 35.7 Å². The molecule has 1 aliphatic heterocycles. The predicted molar refractivity (Wildman–Crippen MR) is 94.9 cm³/mol. The third-order valence-electron chi connectivity index (χ3n) is 7.45. The smallest absolute Gasteiger partial charge is 0.334 e. The van der Waals surface area contributed by atoms with Gasteiger partial charge in [-0.15, -0.1) is 0 Å². The van der Waals surface area contributed by atoms with Gasteiger partial charge in [-0.3, -0.25) is 4.79 Å². The summed E-state index contributed by atoms with van der Waals surface area (Å²) >= 11 is 0. The van der Waals surface area contributed by atoms with Crippen LogP contribution in [0.2, 0.25) is 0 Å². The first-order valence-corrected chi connectivity index (χ1v) is 9.52. The third kappa shape index (κ3) is 1.93. The van der Waals surface area contributed by atoms with Crippen molar-refractivity contribution in [1.29, 1.82) is 0 Å². The van der Waals surface area contributed by atoms with E-state index in [9.17, 15) is 14.7 Å². The van der Waals surface area contributed by atoms with E-state index in [2.05, 4.69) is 6.08 Å². The number of rotatable bonds is 2. The molecule has 0 amide bonds. The quantitative estimate of drug-likeness (QED) is 0.605. The standard InChI is InChI=1S/C21H28O5/c1-11(2)13-10-21(24)19(4)15-7-6-12(3)8-20(15,26-21)9-14(18(23)25-5)16(19)17(13)22/h6,9,11,13,15-16,24H,7-8,10H2,1-5H3/t13-,15-,16-,19-,20-,21+/m1/s1. The number of carbonyl (C=O) groups excluding carboxylic acids is 2. The maximum absolute atomic E-state index is 13.4. The second-order valence-electron chi connectivity index (χ2n) is 9.12. The molecule has 5 nitrogen and oxygen atoms in total. The van der Waals surface area contributed by atoms with Gasteiger partial charge in [0.05, 0.1) is 18.6 Å². The fourth-order valence-electron chi connectivity index (χ4n) is 6.17. The van der Waals surface area contributed by atoms with Gasteiger partial charge in [0.25, 0.3) is 0 Å². The molecular weight excluding hydrogens is 332 g/mol. The molecule has 1 N–H and O–H groups in total. The zero-order valence-corrected chi connectivity index (χ0v) is 16.2. The van der Waals surface area contributed by atoms with E-state index in [1.54, 1.807) is 0 Å². The van der Waals surface area contributed by atoms with Crippen LogP contribution in [0.5, 0.6) is 0 Å². The molecule has 0 aromatic carbocycles. The lowest BCUT2D eigenvalue weighted by atomic mass is 9.47. The molecule has 3 aliphatic carbocycles. The van der Waals surface area contributed by atoms with Gasteiger partial charge in [0.2, 0.25) is 0 Å². The Hall–Kier alpha value is -1.46. The van der Waals surface area contributed by atoms with E-state index in [4.69, 9.17) is 9.47 Å². The highest BCUT2D eigenvalue weighted by atomic mass is 16.7. The summed E-state index contributed by atoms with van der Waals surface area (Å²) in [4.78, 5) is 26.1. The summed E-state index contributed by atoms with van der Waals surface area (Å²) in [6.45, 7) is 7.94. The van der Waals surface area contributed by atoms with Crippen LogP contribution in [-0.2, 0) is 19.1 Å². The van der Waals surface area contributed by atoms with Crippen LogP contribution < -0.4 is 0 Å². The minimum atomic E-state index is -1.42. The molecule has 6 atom stereocenters. The van der Waals surface area contributed by atoms with E-state index in [1.165, 1.54) is 12.7 Å². The number of allylic oxidation sites excluding steroid dienone is 1. The lowest BCUT2D eigenvalue weighted by molar-refractivity contribution is -0.271. The van der Waals surface area contributed by atoms with Crippen molar-refractivity contribution in [1.82, 2.24) is 0 Å². The molecule has 1 saturated heterocycles. The van der Waals surface area contributed by atoms with E-state index >= 15 is 0 Å². The summed E-state index contributed by atoms with van der Waals surface area (Å²) in [6, 6.07) is 0. The summed E-state index contributed by atoms with van der Waals surface area (Å²) in [6.07, 6.45) is 5.65. The fraction of sp³-hybridized carbons (Fsp3) is 0.714. The Labute approximate surface area is 154 Å². The first-order chi connectivity index (χ1) is 12.1. The van der Waals surface area contributed by atoms with E-state index < -0.39 is 28.7 Å². The zero-order valence-electron chi connectivity index (χ0n) is 16.2. The summed E-state index contributed by atoms with van der Waals surface area (Å²) in [5.74, 6) is -2.86. The van der Waals surface area contributed by atoms with Crippen LogP contribution in [0.1, 0.15) is 47.0 Å². The van der Waals surface area contributed by atoms with E-state index in [0.717, 1.165) is 6.42 Å². The minimum Gasteiger partial charge on any atom is -0.466 e. The molecular formula is C21H28O5. The van der Waals surface area contributed by atoms with E-state index in [0.29, 0.717) is 12.0 Å². The molecule has 5 heteroatoms. The van der Waals surface area contributed by atoms with Crippen LogP contribution in [-0.4, -0.2) is 35.4 Å². The summed E-state index contributed by atoms with van der Waals surface area (Å²) in [5.41, 5.74) is -0.0237. The SMILES string of the molecule is COC(=O)C1=C[C@]23CC(C)=CC[C@@H]2[C@]2(C)[C@H]1C(=O)[C@@H](C(C)C)C[C@]2(O)O3. The number of methoxy groups -OCH3 is 1. The topological polar surface area (TPSA) is 72.8 Å². The van der Waals surface area contributed by atoms with Crippen molar-refractivity contribution in [3.63, 3.8) is 0 Å². The first kappa shape index (κ1) is 17.9. The van der Waals surface area contributed by atoms with Gasteiger partial charge in [0.1, 0.15) is 5.78 Å². The number of carbonyl (C=O) groups is 2. The minimum absolute atomic E-state index is 0.0285. The molecule has 4 rings (SSSR count). The zero-order chi connectivity index (χ0) is 19.1. The van der Waals surface area contributed by atoms with Crippen molar-refractivity contribution in [3.8, 4) is 0 Å². The third-order valence-corrected chi connectivity index (χ3v) is 7.45. The van der Waals surface area contributed by atoms with Crippen LogP contribution in [0.25, 0.3) is 0 Å². The Morgan fingerprint density at radius 2 is 2.12 bits per heavy atom. The Morgan fingerprint density at radius 3 is 2.73 bits per heavy atom. The monoisotopic (exact) mass is 360 g/mol. The van der Waals surface area contributed by atoms with Crippen molar-refractivity contribution in [3.05, 3.63) is 23.3 Å². The molecule has 0 aromatic heterocycles. The lowest BCUT2D eigenvalue weighted by Gasteiger charge is -2.54. The predicted octanol–water partition coefficient (Wildman–Crippen LogP) is 2.78. The van der Waals surface area contributed by atoms with E-state index in [1.807, 2.05) is 33.8 Å². The van der Waals surface area contributed by atoms with Crippen molar-refractivity contribution >= 4 is 11.8 Å². The van der Waals surface area contributed by atoms with Gasteiger partial charge in [-0.25, -0.2) is 4.79 Å². The van der Waals surface area contributed by atoms with Crippen molar-refractivity contribution in [2.45, 2.75) is 58.3 Å². The van der Waals surface area contributed by atoms with Gasteiger partial charge in [-0.2, -0.15) is 0 Å². The number of Topliss-reactive ketones (excluding diaryl/α,β-unsaturated/α-hetero) is 1. The fourth-order valence-corrected chi connectivity index (χ4v) is 6.17. The molecule has 1 heterocycles. The molecule has 0 spiro atoms.